The van der Waals surface area contributed by atoms with Crippen LogP contribution in [0.4, 0.5) is 0 Å². The Morgan fingerprint density at radius 2 is 1.95 bits per heavy atom. The molecule has 1 aromatic heterocycles. The van der Waals surface area contributed by atoms with Crippen LogP contribution in [0.15, 0.2) is 43.0 Å². The highest BCUT2D eigenvalue weighted by molar-refractivity contribution is 6.31. The molecule has 0 aliphatic heterocycles. The minimum absolute atomic E-state index is 0.467. The van der Waals surface area contributed by atoms with E-state index >= 15 is 0 Å². The number of halogens is 1. The Morgan fingerprint density at radius 1 is 1.14 bits per heavy atom. The second kappa shape index (κ2) is 8.89. The van der Waals surface area contributed by atoms with Gasteiger partial charge in [-0.15, -0.1) is 0 Å². The van der Waals surface area contributed by atoms with Crippen LogP contribution < -0.4 is 0 Å². The largest absolute Gasteiger partial charge is 0.337 e. The van der Waals surface area contributed by atoms with Gasteiger partial charge in [0.25, 0.3) is 0 Å². The molecule has 3 heteroatoms. The van der Waals surface area contributed by atoms with E-state index in [1.807, 2.05) is 30.9 Å². The molecule has 0 aliphatic rings. The van der Waals surface area contributed by atoms with Gasteiger partial charge >= 0.3 is 0 Å². The van der Waals surface area contributed by atoms with Gasteiger partial charge in [0.05, 0.1) is 6.33 Å². The van der Waals surface area contributed by atoms with Gasteiger partial charge in [0, 0.05) is 29.9 Å². The molecule has 0 N–H and O–H groups in total. The molecule has 0 fully saturated rings. The van der Waals surface area contributed by atoms with Crippen LogP contribution >= 0.6 is 11.6 Å². The van der Waals surface area contributed by atoms with Gasteiger partial charge in [0.1, 0.15) is 0 Å². The maximum absolute atomic E-state index is 6.40. The lowest BCUT2D eigenvalue weighted by Crippen LogP contribution is -2.09. The maximum atomic E-state index is 6.40. The summed E-state index contributed by atoms with van der Waals surface area (Å²) in [7, 11) is 0. The van der Waals surface area contributed by atoms with Crippen molar-refractivity contribution in [3.63, 3.8) is 0 Å². The molecule has 0 saturated carbocycles. The van der Waals surface area contributed by atoms with Gasteiger partial charge in [0.2, 0.25) is 0 Å². The summed E-state index contributed by atoms with van der Waals surface area (Å²) in [5.74, 6) is 0.467. The molecule has 114 valence electrons. The molecule has 2 nitrogen and oxygen atoms in total. The molecule has 1 unspecified atom stereocenters. The predicted octanol–water partition coefficient (Wildman–Crippen LogP) is 5.68. The first-order valence-corrected chi connectivity index (χ1v) is 8.39. The zero-order valence-corrected chi connectivity index (χ0v) is 13.6. The SMILES string of the molecule is CCCCCCCC(Cn1ccnc1)c1ccccc1Cl. The molecule has 21 heavy (non-hydrogen) atoms. The van der Waals surface area contributed by atoms with E-state index in [0.29, 0.717) is 5.92 Å². The Hall–Kier alpha value is -1.28. The van der Waals surface area contributed by atoms with E-state index in [1.165, 1.54) is 44.1 Å². The second-order valence-corrected chi connectivity index (χ2v) is 6.09. The summed E-state index contributed by atoms with van der Waals surface area (Å²) in [6.07, 6.45) is 13.5. The second-order valence-electron chi connectivity index (χ2n) is 5.68. The van der Waals surface area contributed by atoms with Gasteiger partial charge in [-0.1, -0.05) is 68.8 Å². The lowest BCUT2D eigenvalue weighted by molar-refractivity contribution is 0.488. The summed E-state index contributed by atoms with van der Waals surface area (Å²) in [5.41, 5.74) is 1.27. The molecule has 0 amide bonds. The van der Waals surface area contributed by atoms with Crippen molar-refractivity contribution < 1.29 is 0 Å². The first-order valence-electron chi connectivity index (χ1n) is 8.01. The summed E-state index contributed by atoms with van der Waals surface area (Å²) in [4.78, 5) is 4.14. The van der Waals surface area contributed by atoms with Crippen LogP contribution in [0.1, 0.15) is 56.9 Å². The zero-order valence-electron chi connectivity index (χ0n) is 12.8. The fraction of sp³-hybridized carbons (Fsp3) is 0.500. The molecule has 0 bridgehead atoms. The van der Waals surface area contributed by atoms with Gasteiger partial charge in [0.15, 0.2) is 0 Å². The number of aromatic nitrogens is 2. The Bertz CT molecular complexity index is 508. The molecular weight excluding hydrogens is 280 g/mol. The zero-order chi connectivity index (χ0) is 14.9. The number of unbranched alkanes of at least 4 members (excludes halogenated alkanes) is 4. The lowest BCUT2D eigenvalue weighted by Gasteiger charge is -2.19. The van der Waals surface area contributed by atoms with Crippen LogP contribution in [-0.2, 0) is 6.54 Å². The summed E-state index contributed by atoms with van der Waals surface area (Å²) in [6, 6.07) is 8.24. The average Bonchev–Trinajstić information content (AvgIpc) is 2.99. The molecule has 0 saturated heterocycles. The van der Waals surface area contributed by atoms with Crippen LogP contribution in [0.5, 0.6) is 0 Å². The summed E-state index contributed by atoms with van der Waals surface area (Å²) >= 11 is 6.40. The Morgan fingerprint density at radius 3 is 2.67 bits per heavy atom. The first kappa shape index (κ1) is 16.1. The van der Waals surface area contributed by atoms with Crippen LogP contribution in [0.3, 0.4) is 0 Å². The molecule has 1 heterocycles. The topological polar surface area (TPSA) is 17.8 Å². The molecule has 2 aromatic rings. The number of hydrogen-bond donors (Lipinski definition) is 0. The third-order valence-corrected chi connectivity index (χ3v) is 4.34. The lowest BCUT2D eigenvalue weighted by atomic mass is 9.92. The van der Waals surface area contributed by atoms with Crippen molar-refractivity contribution in [3.05, 3.63) is 53.6 Å². The molecule has 0 spiro atoms. The molecule has 1 atom stereocenters. The number of nitrogens with zero attached hydrogens (tertiary/aromatic N) is 2. The van der Waals surface area contributed by atoms with E-state index < -0.39 is 0 Å². The summed E-state index contributed by atoms with van der Waals surface area (Å²) in [5, 5.41) is 0.885. The minimum Gasteiger partial charge on any atom is -0.337 e. The van der Waals surface area contributed by atoms with Gasteiger partial charge < -0.3 is 4.57 Å². The Kier molecular flexibility index (Phi) is 6.81. The third kappa shape index (κ3) is 5.20. The molecule has 1 aromatic carbocycles. The van der Waals surface area contributed by atoms with Crippen molar-refractivity contribution in [2.24, 2.45) is 0 Å². The van der Waals surface area contributed by atoms with Crippen LogP contribution in [-0.4, -0.2) is 9.55 Å². The van der Waals surface area contributed by atoms with Gasteiger partial charge in [-0.05, 0) is 18.1 Å². The van der Waals surface area contributed by atoms with Gasteiger partial charge in [-0.25, -0.2) is 4.98 Å². The van der Waals surface area contributed by atoms with Crippen molar-refractivity contribution in [2.45, 2.75) is 57.9 Å². The van der Waals surface area contributed by atoms with Crippen LogP contribution in [0.25, 0.3) is 0 Å². The maximum Gasteiger partial charge on any atom is 0.0946 e. The molecule has 2 rings (SSSR count). The first-order chi connectivity index (χ1) is 10.3. The highest BCUT2D eigenvalue weighted by Gasteiger charge is 2.14. The molecule has 0 aliphatic carbocycles. The fourth-order valence-corrected chi connectivity index (χ4v) is 3.08. The van der Waals surface area contributed by atoms with E-state index in [4.69, 9.17) is 11.6 Å². The number of benzene rings is 1. The quantitative estimate of drug-likeness (QED) is 0.545. The average molecular weight is 305 g/mol. The van der Waals surface area contributed by atoms with Crippen LogP contribution in [0.2, 0.25) is 5.02 Å². The van der Waals surface area contributed by atoms with Crippen molar-refractivity contribution >= 4 is 11.6 Å². The van der Waals surface area contributed by atoms with E-state index in [1.54, 1.807) is 0 Å². The Balaban J connectivity index is 1.98. The van der Waals surface area contributed by atoms with E-state index in [0.717, 1.165) is 11.6 Å². The van der Waals surface area contributed by atoms with Gasteiger partial charge in [-0.3, -0.25) is 0 Å². The Labute approximate surface area is 133 Å². The van der Waals surface area contributed by atoms with Crippen molar-refractivity contribution in [1.29, 1.82) is 0 Å². The summed E-state index contributed by atoms with van der Waals surface area (Å²) in [6.45, 7) is 3.21. The van der Waals surface area contributed by atoms with E-state index in [2.05, 4.69) is 28.6 Å². The van der Waals surface area contributed by atoms with Crippen LogP contribution in [0, 0.1) is 0 Å². The predicted molar refractivity (Wildman–Crippen MR) is 89.8 cm³/mol. The number of hydrogen-bond acceptors (Lipinski definition) is 1. The van der Waals surface area contributed by atoms with Gasteiger partial charge in [-0.2, -0.15) is 0 Å². The normalized spacial score (nSPS) is 12.5. The van der Waals surface area contributed by atoms with Crippen molar-refractivity contribution in [3.8, 4) is 0 Å². The minimum atomic E-state index is 0.467. The van der Waals surface area contributed by atoms with Crippen molar-refractivity contribution in [2.75, 3.05) is 0 Å². The molecule has 0 radical (unpaired) electrons. The fourth-order valence-electron chi connectivity index (χ4n) is 2.79. The summed E-state index contributed by atoms with van der Waals surface area (Å²) < 4.78 is 2.15. The van der Waals surface area contributed by atoms with E-state index in [9.17, 15) is 0 Å². The van der Waals surface area contributed by atoms with Crippen molar-refractivity contribution in [1.82, 2.24) is 9.55 Å². The smallest absolute Gasteiger partial charge is 0.0946 e. The highest BCUT2D eigenvalue weighted by Crippen LogP contribution is 2.30. The number of rotatable bonds is 9. The monoisotopic (exact) mass is 304 g/mol. The standard InChI is InChI=1S/C18H25ClN2/c1-2-3-4-5-6-9-16(14-21-13-12-20-15-21)17-10-7-8-11-18(17)19/h7-8,10-13,15-16H,2-6,9,14H2,1H3. The van der Waals surface area contributed by atoms with E-state index in [-0.39, 0.29) is 0 Å². The molecular formula is C18H25ClN2. The third-order valence-electron chi connectivity index (χ3n) is 3.99. The highest BCUT2D eigenvalue weighted by atomic mass is 35.5. The number of imidazole rings is 1.